The predicted molar refractivity (Wildman–Crippen MR) is 107 cm³/mol. The van der Waals surface area contributed by atoms with Gasteiger partial charge in [0.05, 0.1) is 12.6 Å². The molecule has 0 saturated heterocycles. The van der Waals surface area contributed by atoms with E-state index in [4.69, 9.17) is 4.74 Å². The number of aromatic nitrogens is 3. The normalized spacial score (nSPS) is 16.0. The van der Waals surface area contributed by atoms with Crippen LogP contribution in [0.1, 0.15) is 50.9 Å². The van der Waals surface area contributed by atoms with Crippen molar-refractivity contribution in [2.75, 3.05) is 12.4 Å². The largest absolute Gasteiger partial charge is 0.493 e. The molecule has 0 spiro atoms. The number of benzene rings is 1. The van der Waals surface area contributed by atoms with E-state index in [0.29, 0.717) is 18.1 Å². The number of thioether (sulfide) groups is 1. The highest BCUT2D eigenvalue weighted by Gasteiger charge is 2.24. The Morgan fingerprint density at radius 2 is 2.00 bits per heavy atom. The van der Waals surface area contributed by atoms with Gasteiger partial charge in [0.15, 0.2) is 11.0 Å². The van der Waals surface area contributed by atoms with Crippen molar-refractivity contribution in [3.8, 4) is 5.75 Å². The van der Waals surface area contributed by atoms with Crippen LogP contribution < -0.4 is 10.1 Å². The van der Waals surface area contributed by atoms with Gasteiger partial charge in [0.2, 0.25) is 5.91 Å². The molecule has 1 aromatic carbocycles. The van der Waals surface area contributed by atoms with Gasteiger partial charge in [0.1, 0.15) is 11.6 Å². The van der Waals surface area contributed by atoms with E-state index >= 15 is 0 Å². The molecule has 1 aromatic heterocycles. The summed E-state index contributed by atoms with van der Waals surface area (Å²) < 4.78 is 20.4. The number of halogens is 1. The van der Waals surface area contributed by atoms with Crippen LogP contribution in [0.15, 0.2) is 29.4 Å². The summed E-state index contributed by atoms with van der Waals surface area (Å²) in [5.74, 6) is 2.04. The van der Waals surface area contributed by atoms with Crippen LogP contribution in [0.25, 0.3) is 0 Å². The maximum atomic E-state index is 12.9. The highest BCUT2D eigenvalue weighted by Crippen LogP contribution is 2.25. The SMILES string of the molecule is CC(NC(=O)C1CCCCC1)c1nnc(SCCOc2ccc(F)cc2)n1C. The number of amides is 1. The third-order valence-corrected chi connectivity index (χ3v) is 5.97. The van der Waals surface area contributed by atoms with Crippen molar-refractivity contribution < 1.29 is 13.9 Å². The van der Waals surface area contributed by atoms with E-state index in [1.54, 1.807) is 12.1 Å². The Morgan fingerprint density at radius 3 is 2.71 bits per heavy atom. The van der Waals surface area contributed by atoms with E-state index in [2.05, 4.69) is 15.5 Å². The Hall–Kier alpha value is -2.09. The fourth-order valence-electron chi connectivity index (χ4n) is 3.41. The van der Waals surface area contributed by atoms with Crippen LogP contribution in [0.4, 0.5) is 4.39 Å². The second-order valence-electron chi connectivity index (χ2n) is 7.12. The zero-order valence-corrected chi connectivity index (χ0v) is 17.2. The molecule has 1 aliphatic rings. The molecule has 28 heavy (non-hydrogen) atoms. The third-order valence-electron chi connectivity index (χ3n) is 4.99. The number of hydrogen-bond donors (Lipinski definition) is 1. The van der Waals surface area contributed by atoms with E-state index in [-0.39, 0.29) is 23.7 Å². The maximum Gasteiger partial charge on any atom is 0.223 e. The maximum absolute atomic E-state index is 12.9. The third kappa shape index (κ3) is 5.47. The Balaban J connectivity index is 1.47. The highest BCUT2D eigenvalue weighted by atomic mass is 32.2. The Kier molecular flexibility index (Phi) is 7.30. The van der Waals surface area contributed by atoms with Gasteiger partial charge in [-0.05, 0) is 44.0 Å². The van der Waals surface area contributed by atoms with Crippen molar-refractivity contribution in [2.24, 2.45) is 13.0 Å². The molecule has 1 fully saturated rings. The van der Waals surface area contributed by atoms with Crippen LogP contribution in [-0.4, -0.2) is 33.0 Å². The van der Waals surface area contributed by atoms with Crippen molar-refractivity contribution in [3.63, 3.8) is 0 Å². The average molecular weight is 407 g/mol. The molecular formula is C20H27FN4O2S. The molecule has 0 radical (unpaired) electrons. The minimum Gasteiger partial charge on any atom is -0.493 e. The van der Waals surface area contributed by atoms with Gasteiger partial charge in [-0.25, -0.2) is 4.39 Å². The van der Waals surface area contributed by atoms with Crippen LogP contribution >= 0.6 is 11.8 Å². The first-order valence-corrected chi connectivity index (χ1v) is 10.7. The van der Waals surface area contributed by atoms with E-state index in [1.165, 1.54) is 30.3 Å². The van der Waals surface area contributed by atoms with Gasteiger partial charge in [-0.3, -0.25) is 4.79 Å². The Bertz CT molecular complexity index is 775. The lowest BCUT2D eigenvalue weighted by atomic mass is 9.88. The van der Waals surface area contributed by atoms with E-state index in [1.807, 2.05) is 18.5 Å². The summed E-state index contributed by atoms with van der Waals surface area (Å²) >= 11 is 1.53. The molecule has 1 aliphatic carbocycles. The molecule has 2 aromatic rings. The van der Waals surface area contributed by atoms with Gasteiger partial charge in [0.25, 0.3) is 0 Å². The fraction of sp³-hybridized carbons (Fsp3) is 0.550. The predicted octanol–water partition coefficient (Wildman–Crippen LogP) is 3.88. The molecule has 1 unspecified atom stereocenters. The van der Waals surface area contributed by atoms with Gasteiger partial charge in [-0.1, -0.05) is 31.0 Å². The number of nitrogens with zero attached hydrogens (tertiary/aromatic N) is 3. The number of rotatable bonds is 8. The van der Waals surface area contributed by atoms with E-state index in [0.717, 1.165) is 36.7 Å². The second kappa shape index (κ2) is 9.91. The molecule has 6 nitrogen and oxygen atoms in total. The van der Waals surface area contributed by atoms with E-state index in [9.17, 15) is 9.18 Å². The smallest absolute Gasteiger partial charge is 0.223 e. The first-order valence-electron chi connectivity index (χ1n) is 9.75. The first-order chi connectivity index (χ1) is 13.5. The summed E-state index contributed by atoms with van der Waals surface area (Å²) in [6.45, 7) is 2.42. The lowest BCUT2D eigenvalue weighted by Crippen LogP contribution is -2.34. The van der Waals surface area contributed by atoms with Gasteiger partial charge >= 0.3 is 0 Å². The van der Waals surface area contributed by atoms with Crippen LogP contribution in [0.2, 0.25) is 0 Å². The topological polar surface area (TPSA) is 69.0 Å². The fourth-order valence-corrected chi connectivity index (χ4v) is 4.15. The van der Waals surface area contributed by atoms with Gasteiger partial charge < -0.3 is 14.6 Å². The summed E-state index contributed by atoms with van der Waals surface area (Å²) in [5, 5.41) is 12.3. The molecule has 1 heterocycles. The molecule has 1 N–H and O–H groups in total. The lowest BCUT2D eigenvalue weighted by Gasteiger charge is -2.23. The summed E-state index contributed by atoms with van der Waals surface area (Å²) in [6.07, 6.45) is 5.46. The van der Waals surface area contributed by atoms with Gasteiger partial charge in [0, 0.05) is 18.7 Å². The van der Waals surface area contributed by atoms with Gasteiger partial charge in [-0.2, -0.15) is 0 Å². The first kappa shape index (κ1) is 20.6. The number of nitrogens with one attached hydrogen (secondary N) is 1. The zero-order chi connectivity index (χ0) is 19.9. The molecule has 152 valence electrons. The zero-order valence-electron chi connectivity index (χ0n) is 16.4. The summed E-state index contributed by atoms with van der Waals surface area (Å²) in [5.41, 5.74) is 0. The molecule has 1 amide bonds. The highest BCUT2D eigenvalue weighted by molar-refractivity contribution is 7.99. The van der Waals surface area contributed by atoms with Crippen molar-refractivity contribution >= 4 is 17.7 Å². The van der Waals surface area contributed by atoms with Crippen molar-refractivity contribution in [2.45, 2.75) is 50.2 Å². The summed E-state index contributed by atoms with van der Waals surface area (Å²) in [7, 11) is 1.90. The summed E-state index contributed by atoms with van der Waals surface area (Å²) in [4.78, 5) is 12.5. The van der Waals surface area contributed by atoms with Crippen LogP contribution in [0.5, 0.6) is 5.75 Å². The van der Waals surface area contributed by atoms with Crippen LogP contribution in [0.3, 0.4) is 0 Å². The molecule has 0 aliphatic heterocycles. The number of carbonyl (C=O) groups excluding carboxylic acids is 1. The molecule has 0 bridgehead atoms. The number of hydrogen-bond acceptors (Lipinski definition) is 5. The second-order valence-corrected chi connectivity index (χ2v) is 8.18. The standard InChI is InChI=1S/C20H27FN4O2S/c1-14(22-19(26)15-6-4-3-5-7-15)18-23-24-20(25(18)2)28-13-12-27-17-10-8-16(21)9-11-17/h8-11,14-15H,3-7,12-13H2,1-2H3,(H,22,26). The molecular weight excluding hydrogens is 379 g/mol. The molecule has 1 atom stereocenters. The minimum absolute atomic E-state index is 0.122. The number of carbonyl (C=O) groups is 1. The van der Waals surface area contributed by atoms with E-state index < -0.39 is 0 Å². The Labute approximate surface area is 169 Å². The Morgan fingerprint density at radius 1 is 1.29 bits per heavy atom. The number of ether oxygens (including phenoxy) is 1. The van der Waals surface area contributed by atoms with Crippen LogP contribution in [-0.2, 0) is 11.8 Å². The van der Waals surface area contributed by atoms with Crippen molar-refractivity contribution in [1.29, 1.82) is 0 Å². The molecule has 8 heteroatoms. The monoisotopic (exact) mass is 406 g/mol. The van der Waals surface area contributed by atoms with Gasteiger partial charge in [-0.15, -0.1) is 10.2 Å². The molecule has 1 saturated carbocycles. The summed E-state index contributed by atoms with van der Waals surface area (Å²) in [6, 6.07) is 5.78. The average Bonchev–Trinajstić information content (AvgIpc) is 3.08. The van der Waals surface area contributed by atoms with Crippen LogP contribution in [0, 0.1) is 11.7 Å². The quantitative estimate of drug-likeness (QED) is 0.532. The van der Waals surface area contributed by atoms with Crippen molar-refractivity contribution in [3.05, 3.63) is 35.9 Å². The molecule has 3 rings (SSSR count). The minimum atomic E-state index is -0.280. The van der Waals surface area contributed by atoms with Crippen molar-refractivity contribution in [1.82, 2.24) is 20.1 Å². The lowest BCUT2D eigenvalue weighted by molar-refractivity contribution is -0.126.